The summed E-state index contributed by atoms with van der Waals surface area (Å²) in [4.78, 5) is 24.4. The molecule has 2 amide bonds. The first kappa shape index (κ1) is 21.6. The molecule has 0 saturated heterocycles. The normalized spacial score (nSPS) is 11.3. The van der Waals surface area contributed by atoms with Crippen molar-refractivity contribution in [3.63, 3.8) is 0 Å². The van der Waals surface area contributed by atoms with E-state index in [0.29, 0.717) is 27.8 Å². The number of benzene rings is 2. The smallest absolute Gasteiger partial charge is 0.259 e. The fourth-order valence-corrected chi connectivity index (χ4v) is 4.12. The molecule has 7 nitrogen and oxygen atoms in total. The van der Waals surface area contributed by atoms with Gasteiger partial charge in [0, 0.05) is 21.9 Å². The molecular weight excluding hydrogens is 426 g/mol. The minimum Gasteiger partial charge on any atom is -0.493 e. The Morgan fingerprint density at radius 3 is 2.63 bits per heavy atom. The van der Waals surface area contributed by atoms with Crippen molar-refractivity contribution in [2.75, 3.05) is 20.8 Å². The first-order valence-corrected chi connectivity index (χ1v) is 10.2. The number of nitrogens with one attached hydrogen (secondary N) is 2. The lowest BCUT2D eigenvalue weighted by molar-refractivity contribution is -0.120. The van der Waals surface area contributed by atoms with Crippen molar-refractivity contribution in [1.82, 2.24) is 10.7 Å². The maximum absolute atomic E-state index is 12.3. The Balaban J connectivity index is 1.60. The van der Waals surface area contributed by atoms with E-state index in [0.717, 1.165) is 15.6 Å². The van der Waals surface area contributed by atoms with E-state index in [1.807, 2.05) is 23.6 Å². The fourth-order valence-electron chi connectivity index (χ4n) is 2.79. The minimum absolute atomic E-state index is 0.222. The van der Waals surface area contributed by atoms with Gasteiger partial charge in [-0.1, -0.05) is 23.7 Å². The molecular formula is C21H20ClN3O4S. The third-order valence-corrected chi connectivity index (χ3v) is 5.80. The number of hydrazone groups is 1. The molecule has 0 fully saturated rings. The van der Waals surface area contributed by atoms with Gasteiger partial charge in [-0.3, -0.25) is 9.59 Å². The standard InChI is InChI=1S/C21H20ClN3O4S/c1-12(15-11-30-20-14(15)5-4-6-16(20)22)24-25-19(26)10-23-21(27)13-7-8-17(28-2)18(9-13)29-3/h4-9,11H,10H2,1-3H3,(H,23,27)(H,25,26)/b24-12+. The number of ether oxygens (including phenoxy) is 2. The predicted molar refractivity (Wildman–Crippen MR) is 119 cm³/mol. The van der Waals surface area contributed by atoms with Crippen LogP contribution < -0.4 is 20.2 Å². The van der Waals surface area contributed by atoms with Gasteiger partial charge >= 0.3 is 0 Å². The molecule has 156 valence electrons. The van der Waals surface area contributed by atoms with Crippen LogP contribution in [0, 0.1) is 0 Å². The fraction of sp³-hybridized carbons (Fsp3) is 0.190. The Hall–Kier alpha value is -3.10. The number of carbonyl (C=O) groups excluding carboxylic acids is 2. The van der Waals surface area contributed by atoms with Crippen LogP contribution >= 0.6 is 22.9 Å². The third kappa shape index (κ3) is 4.72. The molecule has 30 heavy (non-hydrogen) atoms. The summed E-state index contributed by atoms with van der Waals surface area (Å²) < 4.78 is 11.3. The summed E-state index contributed by atoms with van der Waals surface area (Å²) in [5.74, 6) is 0.0859. The Morgan fingerprint density at radius 2 is 1.90 bits per heavy atom. The Labute approximate surface area is 182 Å². The van der Waals surface area contributed by atoms with Crippen molar-refractivity contribution < 1.29 is 19.1 Å². The number of hydrogen-bond acceptors (Lipinski definition) is 6. The molecule has 0 unspecified atom stereocenters. The lowest BCUT2D eigenvalue weighted by Crippen LogP contribution is -2.35. The molecule has 3 rings (SSSR count). The highest BCUT2D eigenvalue weighted by atomic mass is 35.5. The molecule has 0 atom stereocenters. The first-order valence-electron chi connectivity index (χ1n) is 8.94. The second-order valence-corrected chi connectivity index (χ2v) is 7.54. The van der Waals surface area contributed by atoms with Crippen LogP contribution in [0.1, 0.15) is 22.8 Å². The van der Waals surface area contributed by atoms with E-state index in [1.54, 1.807) is 25.1 Å². The topological polar surface area (TPSA) is 89.0 Å². The van der Waals surface area contributed by atoms with Gasteiger partial charge in [-0.15, -0.1) is 11.3 Å². The number of halogens is 1. The van der Waals surface area contributed by atoms with E-state index in [4.69, 9.17) is 21.1 Å². The predicted octanol–water partition coefficient (Wildman–Crippen LogP) is 3.84. The molecule has 0 saturated carbocycles. The third-order valence-electron chi connectivity index (χ3n) is 4.35. The number of amides is 2. The molecule has 0 radical (unpaired) electrons. The van der Waals surface area contributed by atoms with Gasteiger partial charge in [-0.05, 0) is 31.2 Å². The average Bonchev–Trinajstić information content (AvgIpc) is 3.20. The van der Waals surface area contributed by atoms with E-state index in [2.05, 4.69) is 15.8 Å². The van der Waals surface area contributed by atoms with E-state index in [-0.39, 0.29) is 6.54 Å². The van der Waals surface area contributed by atoms with Crippen molar-refractivity contribution in [2.45, 2.75) is 6.92 Å². The van der Waals surface area contributed by atoms with Gasteiger partial charge in [0.15, 0.2) is 11.5 Å². The lowest BCUT2D eigenvalue weighted by atomic mass is 10.1. The van der Waals surface area contributed by atoms with E-state index < -0.39 is 11.8 Å². The number of hydrogen-bond donors (Lipinski definition) is 2. The van der Waals surface area contributed by atoms with Gasteiger partial charge in [0.25, 0.3) is 11.8 Å². The van der Waals surface area contributed by atoms with E-state index in [9.17, 15) is 9.59 Å². The summed E-state index contributed by atoms with van der Waals surface area (Å²) in [6.07, 6.45) is 0. The second kappa shape index (κ2) is 9.60. The van der Waals surface area contributed by atoms with Crippen LogP contribution in [0.2, 0.25) is 5.02 Å². The van der Waals surface area contributed by atoms with Crippen LogP contribution in [0.25, 0.3) is 10.1 Å². The van der Waals surface area contributed by atoms with Crippen molar-refractivity contribution in [3.8, 4) is 11.5 Å². The summed E-state index contributed by atoms with van der Waals surface area (Å²) in [6, 6.07) is 10.4. The number of rotatable bonds is 7. The zero-order valence-corrected chi connectivity index (χ0v) is 18.2. The van der Waals surface area contributed by atoms with Gasteiger partial charge in [-0.2, -0.15) is 5.10 Å². The number of carbonyl (C=O) groups is 2. The van der Waals surface area contributed by atoms with Gasteiger partial charge in [0.1, 0.15) is 0 Å². The van der Waals surface area contributed by atoms with E-state index in [1.165, 1.54) is 25.6 Å². The summed E-state index contributed by atoms with van der Waals surface area (Å²) in [7, 11) is 3.00. The molecule has 1 heterocycles. The molecule has 2 N–H and O–H groups in total. The highest BCUT2D eigenvalue weighted by molar-refractivity contribution is 7.18. The van der Waals surface area contributed by atoms with Crippen LogP contribution in [0.3, 0.4) is 0 Å². The Morgan fingerprint density at radius 1 is 1.13 bits per heavy atom. The van der Waals surface area contributed by atoms with Crippen LogP contribution in [0.5, 0.6) is 11.5 Å². The van der Waals surface area contributed by atoms with Crippen LogP contribution in [0.15, 0.2) is 46.9 Å². The molecule has 0 aliphatic heterocycles. The van der Waals surface area contributed by atoms with Crippen LogP contribution in [-0.2, 0) is 4.79 Å². The monoisotopic (exact) mass is 445 g/mol. The van der Waals surface area contributed by atoms with Crippen LogP contribution in [-0.4, -0.2) is 38.3 Å². The highest BCUT2D eigenvalue weighted by Gasteiger charge is 2.13. The molecule has 0 spiro atoms. The Kier molecular flexibility index (Phi) is 6.91. The summed E-state index contributed by atoms with van der Waals surface area (Å²) in [5.41, 5.74) is 4.35. The summed E-state index contributed by atoms with van der Waals surface area (Å²) >= 11 is 7.72. The number of nitrogens with zero attached hydrogens (tertiary/aromatic N) is 1. The molecule has 0 aliphatic rings. The van der Waals surface area contributed by atoms with Crippen molar-refractivity contribution >= 4 is 50.5 Å². The quantitative estimate of drug-likeness (QED) is 0.427. The number of fused-ring (bicyclic) bond motifs is 1. The van der Waals surface area contributed by atoms with Gasteiger partial charge < -0.3 is 14.8 Å². The number of methoxy groups -OCH3 is 2. The van der Waals surface area contributed by atoms with Gasteiger partial charge in [0.05, 0.1) is 36.2 Å². The molecule has 9 heteroatoms. The van der Waals surface area contributed by atoms with Crippen molar-refractivity contribution in [3.05, 3.63) is 57.9 Å². The minimum atomic E-state index is -0.444. The molecule has 2 aromatic carbocycles. The second-order valence-electron chi connectivity index (χ2n) is 6.25. The van der Waals surface area contributed by atoms with Crippen molar-refractivity contribution in [1.29, 1.82) is 0 Å². The zero-order chi connectivity index (χ0) is 21.7. The summed E-state index contributed by atoms with van der Waals surface area (Å²) in [5, 5.41) is 10.3. The largest absolute Gasteiger partial charge is 0.493 e. The molecule has 1 aromatic heterocycles. The zero-order valence-electron chi connectivity index (χ0n) is 16.6. The molecule has 0 aliphatic carbocycles. The first-order chi connectivity index (χ1) is 14.4. The van der Waals surface area contributed by atoms with E-state index >= 15 is 0 Å². The van der Waals surface area contributed by atoms with Gasteiger partial charge in [-0.25, -0.2) is 5.43 Å². The average molecular weight is 446 g/mol. The molecule has 3 aromatic rings. The van der Waals surface area contributed by atoms with Crippen molar-refractivity contribution in [2.24, 2.45) is 5.10 Å². The maximum atomic E-state index is 12.3. The highest BCUT2D eigenvalue weighted by Crippen LogP contribution is 2.32. The maximum Gasteiger partial charge on any atom is 0.259 e. The van der Waals surface area contributed by atoms with Crippen LogP contribution in [0.4, 0.5) is 0 Å². The Bertz CT molecular complexity index is 1130. The SMILES string of the molecule is COc1ccc(C(=O)NCC(=O)N/N=C(\C)c2csc3c(Cl)cccc23)cc1OC. The van der Waals surface area contributed by atoms with Gasteiger partial charge in [0.2, 0.25) is 0 Å². The number of thiophene rings is 1. The lowest BCUT2D eigenvalue weighted by Gasteiger charge is -2.09. The summed E-state index contributed by atoms with van der Waals surface area (Å²) in [6.45, 7) is 1.57. The molecule has 0 bridgehead atoms.